The molecule has 4 N–H and O–H groups in total. The molecule has 0 radical (unpaired) electrons. The Balaban J connectivity index is 2.81. The summed E-state index contributed by atoms with van der Waals surface area (Å²) in [6.07, 6.45) is 2.75. The first kappa shape index (κ1) is 11.9. The third-order valence-corrected chi connectivity index (χ3v) is 4.14. The minimum absolute atomic E-state index is 0.0277. The molecule has 0 aliphatic heterocycles. The second kappa shape index (κ2) is 3.47. The Hall–Kier alpha value is -0.130. The van der Waals surface area contributed by atoms with Crippen LogP contribution in [0.2, 0.25) is 0 Å². The van der Waals surface area contributed by atoms with Crippen LogP contribution in [-0.4, -0.2) is 20.7 Å². The first-order valence-corrected chi connectivity index (χ1v) is 6.60. The fourth-order valence-corrected chi connectivity index (χ4v) is 3.80. The Morgan fingerprint density at radius 2 is 1.86 bits per heavy atom. The lowest BCUT2D eigenvalue weighted by atomic mass is 9.83. The molecule has 0 bridgehead atoms. The topological polar surface area (TPSA) is 86.2 Å². The average Bonchev–Trinajstić information content (AvgIpc) is 2.24. The van der Waals surface area contributed by atoms with Crippen molar-refractivity contribution >= 4 is 10.0 Å². The van der Waals surface area contributed by atoms with Crippen molar-refractivity contribution < 1.29 is 8.42 Å². The van der Waals surface area contributed by atoms with Gasteiger partial charge in [0, 0.05) is 0 Å². The summed E-state index contributed by atoms with van der Waals surface area (Å²) in [5, 5.41) is 5.08. The highest BCUT2D eigenvalue weighted by molar-refractivity contribution is 7.89. The number of primary sulfonamides is 1. The summed E-state index contributed by atoms with van der Waals surface area (Å²) in [5.41, 5.74) is 5.59. The van der Waals surface area contributed by atoms with E-state index in [4.69, 9.17) is 10.9 Å². The third kappa shape index (κ3) is 2.93. The van der Waals surface area contributed by atoms with E-state index in [1.807, 2.05) is 0 Å². The summed E-state index contributed by atoms with van der Waals surface area (Å²) < 4.78 is 22.2. The highest BCUT2D eigenvalue weighted by atomic mass is 32.2. The summed E-state index contributed by atoms with van der Waals surface area (Å²) >= 11 is 0. The lowest BCUT2D eigenvalue weighted by Gasteiger charge is -2.28. The number of nitrogens with two attached hydrogens (primary N) is 2. The van der Waals surface area contributed by atoms with Crippen molar-refractivity contribution in [3.63, 3.8) is 0 Å². The number of sulfonamides is 1. The molecule has 0 aromatic carbocycles. The average molecular weight is 220 g/mol. The van der Waals surface area contributed by atoms with E-state index in [2.05, 4.69) is 13.8 Å². The van der Waals surface area contributed by atoms with E-state index in [1.165, 1.54) is 0 Å². The van der Waals surface area contributed by atoms with E-state index in [9.17, 15) is 8.42 Å². The fraction of sp³-hybridized carbons (Fsp3) is 1.00. The molecule has 0 heterocycles. The molecule has 0 saturated heterocycles. The van der Waals surface area contributed by atoms with Crippen molar-refractivity contribution in [1.82, 2.24) is 0 Å². The van der Waals surface area contributed by atoms with Gasteiger partial charge < -0.3 is 5.73 Å². The van der Waals surface area contributed by atoms with E-state index >= 15 is 0 Å². The van der Waals surface area contributed by atoms with Crippen molar-refractivity contribution in [3.8, 4) is 0 Å². The maximum atomic E-state index is 11.1. The molecule has 4 nitrogen and oxygen atoms in total. The lowest BCUT2D eigenvalue weighted by molar-refractivity contribution is 0.289. The first-order chi connectivity index (χ1) is 6.18. The van der Waals surface area contributed by atoms with Gasteiger partial charge in [-0.15, -0.1) is 0 Å². The quantitative estimate of drug-likeness (QED) is 0.723. The van der Waals surface area contributed by atoms with Gasteiger partial charge in [0.1, 0.15) is 0 Å². The smallest absolute Gasteiger partial charge is 0.209 e. The van der Waals surface area contributed by atoms with Gasteiger partial charge >= 0.3 is 0 Å². The molecule has 0 amide bonds. The minimum atomic E-state index is -3.41. The lowest BCUT2D eigenvalue weighted by Crippen LogP contribution is -2.38. The molecule has 1 aliphatic rings. The van der Waals surface area contributed by atoms with Crippen LogP contribution in [0.25, 0.3) is 0 Å². The van der Waals surface area contributed by atoms with Gasteiger partial charge in [-0.25, -0.2) is 13.6 Å². The molecule has 0 aromatic heterocycles. The van der Waals surface area contributed by atoms with E-state index in [1.54, 1.807) is 0 Å². The van der Waals surface area contributed by atoms with Crippen molar-refractivity contribution in [2.24, 2.45) is 21.7 Å². The van der Waals surface area contributed by atoms with Gasteiger partial charge in [-0.2, -0.15) is 0 Å². The Labute approximate surface area is 86.1 Å². The van der Waals surface area contributed by atoms with Crippen LogP contribution in [0, 0.1) is 10.8 Å². The van der Waals surface area contributed by atoms with Crippen LogP contribution in [0.5, 0.6) is 0 Å². The third-order valence-electron chi connectivity index (χ3n) is 3.13. The van der Waals surface area contributed by atoms with Crippen LogP contribution >= 0.6 is 0 Å². The summed E-state index contributed by atoms with van der Waals surface area (Å²) in [4.78, 5) is 0. The molecule has 0 unspecified atom stereocenters. The minimum Gasteiger partial charge on any atom is -0.330 e. The number of hydrogen-bond donors (Lipinski definition) is 2. The molecule has 84 valence electrons. The zero-order chi connectivity index (χ0) is 11.0. The maximum absolute atomic E-state index is 11.1. The Morgan fingerprint density at radius 3 is 2.14 bits per heavy atom. The van der Waals surface area contributed by atoms with Gasteiger partial charge in [0.15, 0.2) is 0 Å². The molecule has 0 aromatic rings. The molecule has 1 fully saturated rings. The molecule has 14 heavy (non-hydrogen) atoms. The van der Waals surface area contributed by atoms with Crippen molar-refractivity contribution in [1.29, 1.82) is 0 Å². The van der Waals surface area contributed by atoms with Gasteiger partial charge in [0.2, 0.25) is 10.0 Å². The van der Waals surface area contributed by atoms with Gasteiger partial charge in [0.25, 0.3) is 0 Å². The van der Waals surface area contributed by atoms with Gasteiger partial charge in [0.05, 0.1) is 5.75 Å². The molecular weight excluding hydrogens is 200 g/mol. The Bertz CT molecular complexity index is 311. The summed E-state index contributed by atoms with van der Waals surface area (Å²) in [6, 6.07) is 0. The standard InChI is InChI=1S/C9H20N2O2S/c1-8(2)3-4-9(5-8,6-10)7-14(11,12)13/h3-7,10H2,1-2H3,(H2,11,12,13)/t9-/m1/s1. The molecular formula is C9H20N2O2S. The number of rotatable bonds is 3. The second-order valence-corrected chi connectivity index (χ2v) is 6.97. The Morgan fingerprint density at radius 1 is 1.29 bits per heavy atom. The SMILES string of the molecule is CC1(C)CC[C@@](CN)(CS(N)(=O)=O)C1. The van der Waals surface area contributed by atoms with Crippen molar-refractivity contribution in [3.05, 3.63) is 0 Å². The van der Waals surface area contributed by atoms with Crippen LogP contribution in [0.15, 0.2) is 0 Å². The predicted molar refractivity (Wildman–Crippen MR) is 57.1 cm³/mol. The monoisotopic (exact) mass is 220 g/mol. The van der Waals surface area contributed by atoms with Gasteiger partial charge in [-0.05, 0) is 36.6 Å². The largest absolute Gasteiger partial charge is 0.330 e. The molecule has 1 aliphatic carbocycles. The van der Waals surface area contributed by atoms with E-state index in [0.29, 0.717) is 6.54 Å². The predicted octanol–water partition coefficient (Wildman–Crippen LogP) is 0.430. The molecule has 0 spiro atoms. The zero-order valence-electron chi connectivity index (χ0n) is 8.91. The Kier molecular flexibility index (Phi) is 2.96. The number of hydrogen-bond acceptors (Lipinski definition) is 3. The van der Waals surface area contributed by atoms with E-state index in [0.717, 1.165) is 19.3 Å². The van der Waals surface area contributed by atoms with Crippen LogP contribution in [-0.2, 0) is 10.0 Å². The fourth-order valence-electron chi connectivity index (χ4n) is 2.58. The van der Waals surface area contributed by atoms with Gasteiger partial charge in [-0.1, -0.05) is 13.8 Å². The maximum Gasteiger partial charge on any atom is 0.209 e. The van der Waals surface area contributed by atoms with Gasteiger partial charge in [-0.3, -0.25) is 0 Å². The van der Waals surface area contributed by atoms with Crippen molar-refractivity contribution in [2.75, 3.05) is 12.3 Å². The summed E-state index contributed by atoms with van der Waals surface area (Å²) in [5.74, 6) is 0.0277. The molecule has 1 atom stereocenters. The first-order valence-electron chi connectivity index (χ1n) is 4.89. The normalized spacial score (nSPS) is 32.0. The van der Waals surface area contributed by atoms with Crippen molar-refractivity contribution in [2.45, 2.75) is 33.1 Å². The molecule has 1 rings (SSSR count). The van der Waals surface area contributed by atoms with Crippen LogP contribution < -0.4 is 10.9 Å². The van der Waals surface area contributed by atoms with Crippen LogP contribution in [0.4, 0.5) is 0 Å². The highest BCUT2D eigenvalue weighted by Crippen LogP contribution is 2.48. The van der Waals surface area contributed by atoms with Crippen LogP contribution in [0.1, 0.15) is 33.1 Å². The molecule has 1 saturated carbocycles. The van der Waals surface area contributed by atoms with Crippen LogP contribution in [0.3, 0.4) is 0 Å². The van der Waals surface area contributed by atoms with E-state index < -0.39 is 10.0 Å². The second-order valence-electron chi connectivity index (χ2n) is 5.35. The zero-order valence-corrected chi connectivity index (χ0v) is 9.73. The summed E-state index contributed by atoms with van der Waals surface area (Å²) in [6.45, 7) is 4.70. The van der Waals surface area contributed by atoms with E-state index in [-0.39, 0.29) is 16.6 Å². The summed E-state index contributed by atoms with van der Waals surface area (Å²) in [7, 11) is -3.41. The highest BCUT2D eigenvalue weighted by Gasteiger charge is 2.44. The molecule has 5 heteroatoms.